The lowest BCUT2D eigenvalue weighted by molar-refractivity contribution is 0.102. The predicted molar refractivity (Wildman–Crippen MR) is 113 cm³/mol. The second-order valence-electron chi connectivity index (χ2n) is 6.72. The number of hydrogen-bond donors (Lipinski definition) is 2. The van der Waals surface area contributed by atoms with Gasteiger partial charge in [0.1, 0.15) is 12.4 Å². The van der Waals surface area contributed by atoms with Crippen molar-refractivity contribution < 1.29 is 9.53 Å². The van der Waals surface area contributed by atoms with Gasteiger partial charge in [-0.1, -0.05) is 6.07 Å². The van der Waals surface area contributed by atoms with Crippen LogP contribution in [0.1, 0.15) is 16.1 Å². The molecule has 2 heterocycles. The molecule has 2 aromatic carbocycles. The van der Waals surface area contributed by atoms with E-state index in [0.29, 0.717) is 35.8 Å². The van der Waals surface area contributed by atoms with Crippen LogP contribution in [0.5, 0.6) is 5.75 Å². The van der Waals surface area contributed by atoms with Gasteiger partial charge in [0.15, 0.2) is 0 Å². The van der Waals surface area contributed by atoms with Gasteiger partial charge in [-0.05, 0) is 49.4 Å². The highest BCUT2D eigenvalue weighted by molar-refractivity contribution is 6.04. The molecule has 0 saturated carbocycles. The Kier molecular flexibility index (Phi) is 5.47. The van der Waals surface area contributed by atoms with Gasteiger partial charge in [0, 0.05) is 41.6 Å². The molecule has 0 aliphatic rings. The van der Waals surface area contributed by atoms with Gasteiger partial charge in [-0.25, -0.2) is 4.79 Å². The van der Waals surface area contributed by atoms with E-state index in [2.05, 4.69) is 15.4 Å². The number of nitrogens with zero attached hydrogens (tertiary/aromatic N) is 3. The van der Waals surface area contributed by atoms with Crippen LogP contribution in [0.2, 0.25) is 0 Å². The number of amides is 1. The summed E-state index contributed by atoms with van der Waals surface area (Å²) in [6.07, 6.45) is 5.24. The fourth-order valence-electron chi connectivity index (χ4n) is 3.09. The zero-order valence-corrected chi connectivity index (χ0v) is 16.4. The van der Waals surface area contributed by atoms with Crippen LogP contribution in [0.3, 0.4) is 0 Å². The van der Waals surface area contributed by atoms with E-state index in [0.717, 1.165) is 5.69 Å². The SMILES string of the molecule is Cc1c[nH]c(=O)n1-c1ccc(C(=O)Nc2cccc(OCCn3cccn3)c2)cc1. The van der Waals surface area contributed by atoms with Crippen LogP contribution in [0.25, 0.3) is 5.69 Å². The Hall–Kier alpha value is -4.07. The molecule has 152 valence electrons. The number of hydrogen-bond acceptors (Lipinski definition) is 4. The number of carbonyl (C=O) groups excluding carboxylic acids is 1. The molecule has 2 aromatic heterocycles. The molecule has 30 heavy (non-hydrogen) atoms. The largest absolute Gasteiger partial charge is 0.492 e. The minimum Gasteiger partial charge on any atom is -0.492 e. The Morgan fingerprint density at radius 1 is 1.17 bits per heavy atom. The third-order valence-electron chi connectivity index (χ3n) is 4.59. The Labute approximate surface area is 172 Å². The molecule has 0 spiro atoms. The smallest absolute Gasteiger partial charge is 0.330 e. The Bertz CT molecular complexity index is 1190. The molecule has 0 saturated heterocycles. The second kappa shape index (κ2) is 8.52. The summed E-state index contributed by atoms with van der Waals surface area (Å²) in [5.41, 5.74) is 2.40. The van der Waals surface area contributed by atoms with E-state index in [1.807, 2.05) is 31.3 Å². The zero-order chi connectivity index (χ0) is 20.9. The number of H-pyrrole nitrogens is 1. The second-order valence-corrected chi connectivity index (χ2v) is 6.72. The van der Waals surface area contributed by atoms with Crippen LogP contribution in [-0.4, -0.2) is 31.8 Å². The highest BCUT2D eigenvalue weighted by Crippen LogP contribution is 2.19. The highest BCUT2D eigenvalue weighted by atomic mass is 16.5. The number of anilines is 1. The van der Waals surface area contributed by atoms with Gasteiger partial charge < -0.3 is 15.0 Å². The summed E-state index contributed by atoms with van der Waals surface area (Å²) in [4.78, 5) is 27.1. The minimum absolute atomic E-state index is 0.214. The number of aromatic amines is 1. The van der Waals surface area contributed by atoms with Crippen molar-refractivity contribution in [1.29, 1.82) is 0 Å². The van der Waals surface area contributed by atoms with Crippen molar-refractivity contribution in [2.45, 2.75) is 13.5 Å². The number of aryl methyl sites for hydroxylation is 1. The third-order valence-corrected chi connectivity index (χ3v) is 4.59. The average molecular weight is 403 g/mol. The molecule has 8 nitrogen and oxygen atoms in total. The quantitative estimate of drug-likeness (QED) is 0.496. The normalized spacial score (nSPS) is 10.7. The van der Waals surface area contributed by atoms with Crippen molar-refractivity contribution in [1.82, 2.24) is 19.3 Å². The monoisotopic (exact) mass is 403 g/mol. The molecular weight excluding hydrogens is 382 g/mol. The maximum Gasteiger partial charge on any atom is 0.330 e. The van der Waals surface area contributed by atoms with Gasteiger partial charge in [0.05, 0.1) is 12.2 Å². The van der Waals surface area contributed by atoms with Crippen LogP contribution in [0, 0.1) is 6.92 Å². The molecule has 2 N–H and O–H groups in total. The lowest BCUT2D eigenvalue weighted by Gasteiger charge is -2.10. The van der Waals surface area contributed by atoms with Gasteiger partial charge in [0.2, 0.25) is 0 Å². The fourth-order valence-corrected chi connectivity index (χ4v) is 3.09. The molecule has 0 unspecified atom stereocenters. The summed E-state index contributed by atoms with van der Waals surface area (Å²) in [7, 11) is 0. The number of benzene rings is 2. The zero-order valence-electron chi connectivity index (χ0n) is 16.4. The Morgan fingerprint density at radius 3 is 2.70 bits per heavy atom. The first-order valence-corrected chi connectivity index (χ1v) is 9.49. The fraction of sp³-hybridized carbons (Fsp3) is 0.136. The third kappa shape index (κ3) is 4.33. The lowest BCUT2D eigenvalue weighted by atomic mass is 10.2. The summed E-state index contributed by atoms with van der Waals surface area (Å²) in [6, 6.07) is 16.0. The average Bonchev–Trinajstić information content (AvgIpc) is 3.38. The minimum atomic E-state index is -0.242. The van der Waals surface area contributed by atoms with E-state index < -0.39 is 0 Å². The molecule has 0 aliphatic heterocycles. The van der Waals surface area contributed by atoms with Crippen molar-refractivity contribution in [3.05, 3.63) is 94.9 Å². The van der Waals surface area contributed by atoms with E-state index >= 15 is 0 Å². The summed E-state index contributed by atoms with van der Waals surface area (Å²) in [6.45, 7) is 2.95. The first-order chi connectivity index (χ1) is 14.6. The molecule has 0 bridgehead atoms. The molecule has 8 heteroatoms. The van der Waals surface area contributed by atoms with Crippen LogP contribution in [0.4, 0.5) is 5.69 Å². The maximum atomic E-state index is 12.6. The molecular formula is C22H21N5O3. The lowest BCUT2D eigenvalue weighted by Crippen LogP contribution is -2.16. The highest BCUT2D eigenvalue weighted by Gasteiger charge is 2.09. The Morgan fingerprint density at radius 2 is 2.00 bits per heavy atom. The molecule has 4 rings (SSSR count). The van der Waals surface area contributed by atoms with Gasteiger partial charge in [-0.3, -0.25) is 14.0 Å². The van der Waals surface area contributed by atoms with E-state index in [-0.39, 0.29) is 11.6 Å². The van der Waals surface area contributed by atoms with E-state index in [4.69, 9.17) is 4.74 Å². The first-order valence-electron chi connectivity index (χ1n) is 9.49. The molecule has 0 atom stereocenters. The molecule has 0 aliphatic carbocycles. The number of imidazole rings is 1. The van der Waals surface area contributed by atoms with Crippen molar-refractivity contribution >= 4 is 11.6 Å². The number of ether oxygens (including phenoxy) is 1. The standard InChI is InChI=1S/C22H21N5O3/c1-16-15-23-22(29)27(16)19-8-6-17(7-9-19)21(28)25-18-4-2-5-20(14-18)30-13-12-26-11-3-10-24-26/h2-11,14-15H,12-13H2,1H3,(H,23,29)(H,25,28). The number of nitrogens with one attached hydrogen (secondary N) is 2. The van der Waals surface area contributed by atoms with Crippen LogP contribution < -0.4 is 15.7 Å². The van der Waals surface area contributed by atoms with Crippen LogP contribution in [0.15, 0.2) is 78.0 Å². The summed E-state index contributed by atoms with van der Waals surface area (Å²) in [5.74, 6) is 0.422. The molecule has 0 fully saturated rings. The van der Waals surface area contributed by atoms with E-state index in [1.54, 1.807) is 58.0 Å². The number of aromatic nitrogens is 4. The topological polar surface area (TPSA) is 93.9 Å². The maximum absolute atomic E-state index is 12.6. The van der Waals surface area contributed by atoms with Crippen LogP contribution >= 0.6 is 0 Å². The van der Waals surface area contributed by atoms with E-state index in [9.17, 15) is 9.59 Å². The van der Waals surface area contributed by atoms with Crippen molar-refractivity contribution in [3.8, 4) is 11.4 Å². The van der Waals surface area contributed by atoms with Crippen LogP contribution in [-0.2, 0) is 6.54 Å². The molecule has 4 aromatic rings. The summed E-state index contributed by atoms with van der Waals surface area (Å²) in [5, 5.41) is 7.00. The first kappa shape index (κ1) is 19.3. The van der Waals surface area contributed by atoms with Gasteiger partial charge >= 0.3 is 5.69 Å². The molecule has 1 amide bonds. The van der Waals surface area contributed by atoms with E-state index in [1.165, 1.54) is 0 Å². The van der Waals surface area contributed by atoms with Crippen molar-refractivity contribution in [2.24, 2.45) is 0 Å². The molecule has 0 radical (unpaired) electrons. The van der Waals surface area contributed by atoms with Gasteiger partial charge in [-0.2, -0.15) is 5.10 Å². The van der Waals surface area contributed by atoms with Crippen molar-refractivity contribution in [2.75, 3.05) is 11.9 Å². The summed E-state index contributed by atoms with van der Waals surface area (Å²) >= 11 is 0. The van der Waals surface area contributed by atoms with Gasteiger partial charge in [0.25, 0.3) is 5.91 Å². The predicted octanol–water partition coefficient (Wildman–Crippen LogP) is 3.00. The Balaban J connectivity index is 1.39. The number of carbonyl (C=O) groups is 1. The summed E-state index contributed by atoms with van der Waals surface area (Å²) < 4.78 is 9.08. The van der Waals surface area contributed by atoms with Gasteiger partial charge in [-0.15, -0.1) is 0 Å². The number of rotatable bonds is 7. The van der Waals surface area contributed by atoms with Crippen molar-refractivity contribution in [3.63, 3.8) is 0 Å².